The third kappa shape index (κ3) is 1.74. The summed E-state index contributed by atoms with van der Waals surface area (Å²) < 4.78 is 0. The van der Waals surface area contributed by atoms with Gasteiger partial charge in [0.05, 0.1) is 11.1 Å². The minimum absolute atomic E-state index is 0.0727. The van der Waals surface area contributed by atoms with Crippen LogP contribution in [0.3, 0.4) is 0 Å². The fourth-order valence-corrected chi connectivity index (χ4v) is 3.69. The van der Waals surface area contributed by atoms with Crippen LogP contribution in [-0.4, -0.2) is 24.0 Å². The largest absolute Gasteiger partial charge is 0.481 e. The molecule has 2 aliphatic rings. The van der Waals surface area contributed by atoms with Gasteiger partial charge in [0.1, 0.15) is 0 Å². The van der Waals surface area contributed by atoms with Crippen LogP contribution in [0.2, 0.25) is 0 Å². The van der Waals surface area contributed by atoms with Crippen LogP contribution in [0.5, 0.6) is 0 Å². The first-order valence-electron chi connectivity index (χ1n) is 7.18. The number of hydrogen-bond donors (Lipinski definition) is 1. The molecule has 1 fully saturated rings. The number of rotatable bonds is 2. The molecule has 0 bridgehead atoms. The van der Waals surface area contributed by atoms with E-state index in [0.717, 1.165) is 29.7 Å². The molecule has 0 radical (unpaired) electrons. The number of aryl methyl sites for hydroxylation is 1. The van der Waals surface area contributed by atoms with Crippen molar-refractivity contribution in [1.82, 2.24) is 0 Å². The van der Waals surface area contributed by atoms with E-state index < -0.39 is 11.4 Å². The lowest BCUT2D eigenvalue weighted by Crippen LogP contribution is -2.38. The van der Waals surface area contributed by atoms with Gasteiger partial charge in [-0.25, -0.2) is 0 Å². The van der Waals surface area contributed by atoms with Crippen molar-refractivity contribution in [3.63, 3.8) is 0 Å². The molecule has 1 saturated carbocycles. The Kier molecular flexibility index (Phi) is 3.04. The number of anilines is 1. The van der Waals surface area contributed by atoms with Crippen LogP contribution in [0.15, 0.2) is 18.2 Å². The van der Waals surface area contributed by atoms with E-state index in [-0.39, 0.29) is 5.91 Å². The van der Waals surface area contributed by atoms with Crippen LogP contribution in [0.1, 0.15) is 43.2 Å². The van der Waals surface area contributed by atoms with E-state index >= 15 is 0 Å². The van der Waals surface area contributed by atoms with E-state index in [1.54, 1.807) is 11.9 Å². The normalized spacial score (nSPS) is 20.9. The van der Waals surface area contributed by atoms with Gasteiger partial charge >= 0.3 is 5.97 Å². The summed E-state index contributed by atoms with van der Waals surface area (Å²) in [6.07, 6.45) is 4.43. The molecule has 1 amide bonds. The van der Waals surface area contributed by atoms with Gasteiger partial charge in [-0.2, -0.15) is 0 Å². The van der Waals surface area contributed by atoms with Crippen LogP contribution in [0.4, 0.5) is 5.69 Å². The maximum absolute atomic E-state index is 12.0. The number of carboxylic acids is 1. The second-order valence-corrected chi connectivity index (χ2v) is 5.86. The number of carbonyl (C=O) groups is 2. The minimum Gasteiger partial charge on any atom is -0.481 e. The van der Waals surface area contributed by atoms with Crippen molar-refractivity contribution >= 4 is 17.6 Å². The maximum Gasteiger partial charge on any atom is 0.314 e. The van der Waals surface area contributed by atoms with Crippen molar-refractivity contribution in [2.45, 2.75) is 43.9 Å². The van der Waals surface area contributed by atoms with Gasteiger partial charge in [-0.15, -0.1) is 0 Å². The Labute approximate surface area is 118 Å². The highest BCUT2D eigenvalue weighted by Gasteiger charge is 2.45. The molecule has 1 aromatic rings. The molecule has 4 heteroatoms. The van der Waals surface area contributed by atoms with Gasteiger partial charge in [-0.3, -0.25) is 9.59 Å². The Morgan fingerprint density at radius 2 is 1.95 bits per heavy atom. The number of carbonyl (C=O) groups excluding carboxylic acids is 1. The van der Waals surface area contributed by atoms with E-state index in [2.05, 4.69) is 0 Å². The summed E-state index contributed by atoms with van der Waals surface area (Å²) in [6, 6.07) is 5.83. The standard InChI is InChI=1S/C16H19NO3/c1-17-13(18)8-7-11-5-4-6-12(14(11)17)16(15(19)20)9-2-3-10-16/h4-6H,2-3,7-10H2,1H3,(H,19,20). The summed E-state index contributed by atoms with van der Waals surface area (Å²) in [5.41, 5.74) is 1.96. The predicted molar refractivity (Wildman–Crippen MR) is 76.0 cm³/mol. The van der Waals surface area contributed by atoms with Crippen molar-refractivity contribution in [1.29, 1.82) is 0 Å². The molecule has 1 N–H and O–H groups in total. The van der Waals surface area contributed by atoms with Gasteiger partial charge in [0.25, 0.3) is 0 Å². The highest BCUT2D eigenvalue weighted by Crippen LogP contribution is 2.47. The van der Waals surface area contributed by atoms with E-state index in [0.29, 0.717) is 25.7 Å². The molecular weight excluding hydrogens is 254 g/mol. The molecule has 1 heterocycles. The van der Waals surface area contributed by atoms with Crippen LogP contribution in [-0.2, 0) is 21.4 Å². The molecule has 1 aliphatic carbocycles. The number of carboxylic acid groups (broad SMARTS) is 1. The number of hydrogen-bond acceptors (Lipinski definition) is 2. The number of nitrogens with zero attached hydrogens (tertiary/aromatic N) is 1. The Hall–Kier alpha value is -1.84. The lowest BCUT2D eigenvalue weighted by molar-refractivity contribution is -0.143. The Morgan fingerprint density at radius 1 is 1.25 bits per heavy atom. The number of para-hydroxylation sites is 1. The minimum atomic E-state index is -0.808. The monoisotopic (exact) mass is 273 g/mol. The zero-order valence-corrected chi connectivity index (χ0v) is 11.7. The smallest absolute Gasteiger partial charge is 0.314 e. The van der Waals surface area contributed by atoms with Gasteiger partial charge in [0.15, 0.2) is 0 Å². The molecule has 0 aromatic heterocycles. The molecule has 0 unspecified atom stereocenters. The van der Waals surface area contributed by atoms with Crippen LogP contribution >= 0.6 is 0 Å². The van der Waals surface area contributed by atoms with Crippen LogP contribution < -0.4 is 4.90 Å². The number of benzene rings is 1. The fraction of sp³-hybridized carbons (Fsp3) is 0.500. The van der Waals surface area contributed by atoms with E-state index in [1.165, 1.54) is 0 Å². The zero-order chi connectivity index (χ0) is 14.3. The lowest BCUT2D eigenvalue weighted by atomic mass is 9.76. The quantitative estimate of drug-likeness (QED) is 0.900. The molecule has 20 heavy (non-hydrogen) atoms. The second kappa shape index (κ2) is 4.62. The van der Waals surface area contributed by atoms with Crippen LogP contribution in [0.25, 0.3) is 0 Å². The molecule has 0 saturated heterocycles. The van der Waals surface area contributed by atoms with E-state index in [1.807, 2.05) is 18.2 Å². The van der Waals surface area contributed by atoms with E-state index in [9.17, 15) is 14.7 Å². The average molecular weight is 273 g/mol. The summed E-state index contributed by atoms with van der Waals surface area (Å²) in [6.45, 7) is 0. The van der Waals surface area contributed by atoms with E-state index in [4.69, 9.17) is 0 Å². The van der Waals surface area contributed by atoms with Gasteiger partial charge in [0.2, 0.25) is 5.91 Å². The number of aliphatic carboxylic acids is 1. The Balaban J connectivity index is 2.20. The first-order valence-corrected chi connectivity index (χ1v) is 7.18. The molecule has 0 atom stereocenters. The van der Waals surface area contributed by atoms with Gasteiger partial charge in [0, 0.05) is 13.5 Å². The molecular formula is C16H19NO3. The SMILES string of the molecule is CN1C(=O)CCc2cccc(C3(C(=O)O)CCCC3)c21. The van der Waals surface area contributed by atoms with Crippen molar-refractivity contribution in [3.8, 4) is 0 Å². The number of fused-ring (bicyclic) bond motifs is 1. The summed E-state index contributed by atoms with van der Waals surface area (Å²) in [4.78, 5) is 25.5. The van der Waals surface area contributed by atoms with Gasteiger partial charge in [-0.05, 0) is 30.4 Å². The molecule has 106 valence electrons. The molecule has 3 rings (SSSR count). The third-order valence-electron chi connectivity index (χ3n) is 4.82. The Morgan fingerprint density at radius 3 is 2.60 bits per heavy atom. The number of amides is 1. The maximum atomic E-state index is 12.0. The van der Waals surface area contributed by atoms with Crippen molar-refractivity contribution in [3.05, 3.63) is 29.3 Å². The van der Waals surface area contributed by atoms with Crippen LogP contribution in [0, 0.1) is 0 Å². The molecule has 1 aromatic carbocycles. The third-order valence-corrected chi connectivity index (χ3v) is 4.82. The molecule has 1 aliphatic heterocycles. The fourth-order valence-electron chi connectivity index (χ4n) is 3.69. The summed E-state index contributed by atoms with van der Waals surface area (Å²) in [5, 5.41) is 9.77. The highest BCUT2D eigenvalue weighted by atomic mass is 16.4. The summed E-state index contributed by atoms with van der Waals surface area (Å²) in [7, 11) is 1.76. The second-order valence-electron chi connectivity index (χ2n) is 5.86. The molecule has 0 spiro atoms. The first kappa shape index (κ1) is 13.2. The Bertz CT molecular complexity index is 573. The summed E-state index contributed by atoms with van der Waals surface area (Å²) >= 11 is 0. The zero-order valence-electron chi connectivity index (χ0n) is 11.7. The predicted octanol–water partition coefficient (Wildman–Crippen LogP) is 2.49. The lowest BCUT2D eigenvalue weighted by Gasteiger charge is -2.34. The van der Waals surface area contributed by atoms with Crippen molar-refractivity contribution in [2.75, 3.05) is 11.9 Å². The van der Waals surface area contributed by atoms with Crippen molar-refractivity contribution < 1.29 is 14.7 Å². The topological polar surface area (TPSA) is 57.6 Å². The van der Waals surface area contributed by atoms with Gasteiger partial charge < -0.3 is 10.0 Å². The average Bonchev–Trinajstić information content (AvgIpc) is 2.93. The molecule has 4 nitrogen and oxygen atoms in total. The van der Waals surface area contributed by atoms with Crippen molar-refractivity contribution in [2.24, 2.45) is 0 Å². The first-order chi connectivity index (χ1) is 9.56. The van der Waals surface area contributed by atoms with Gasteiger partial charge in [-0.1, -0.05) is 31.0 Å². The highest BCUT2D eigenvalue weighted by molar-refractivity contribution is 5.98. The summed E-state index contributed by atoms with van der Waals surface area (Å²) in [5.74, 6) is -0.682.